The molecule has 0 spiro atoms. The van der Waals surface area contributed by atoms with Gasteiger partial charge >= 0.3 is 0 Å². The molecule has 2 atom stereocenters. The van der Waals surface area contributed by atoms with Gasteiger partial charge in [-0.25, -0.2) is 0 Å². The summed E-state index contributed by atoms with van der Waals surface area (Å²) >= 11 is 1.87. The third-order valence-electron chi connectivity index (χ3n) is 2.77. The van der Waals surface area contributed by atoms with E-state index in [-0.39, 0.29) is 6.10 Å². The number of aliphatic hydroxyl groups is 1. The second kappa shape index (κ2) is 9.53. The topological polar surface area (TPSA) is 20.2 Å². The second-order valence-electron chi connectivity index (χ2n) is 4.69. The maximum atomic E-state index is 9.88. The molecule has 0 aromatic rings. The molecular formula is C13H28OS. The monoisotopic (exact) mass is 232 g/mol. The molecule has 1 N–H and O–H groups in total. The summed E-state index contributed by atoms with van der Waals surface area (Å²) in [5.41, 5.74) is 0. The Hall–Kier alpha value is 0.310. The highest BCUT2D eigenvalue weighted by Gasteiger charge is 2.13. The van der Waals surface area contributed by atoms with Crippen LogP contribution in [0.3, 0.4) is 0 Å². The number of rotatable bonds is 9. The van der Waals surface area contributed by atoms with Crippen LogP contribution in [0.15, 0.2) is 0 Å². The zero-order chi connectivity index (χ0) is 11.7. The number of thioether (sulfide) groups is 1. The van der Waals surface area contributed by atoms with E-state index in [1.165, 1.54) is 25.7 Å². The fourth-order valence-corrected chi connectivity index (χ4v) is 2.48. The highest BCUT2D eigenvalue weighted by atomic mass is 32.2. The molecule has 1 nitrogen and oxygen atoms in total. The average molecular weight is 232 g/mol. The minimum atomic E-state index is -0.0980. The summed E-state index contributed by atoms with van der Waals surface area (Å²) in [5, 5.41) is 10.5. The van der Waals surface area contributed by atoms with E-state index in [2.05, 4.69) is 27.7 Å². The second-order valence-corrected chi connectivity index (χ2v) is 6.30. The lowest BCUT2D eigenvalue weighted by molar-refractivity contribution is 0.159. The SMILES string of the molecule is CCCCC(CC)CC(O)CSC(C)C. The Morgan fingerprint density at radius 1 is 1.20 bits per heavy atom. The Morgan fingerprint density at radius 3 is 2.33 bits per heavy atom. The van der Waals surface area contributed by atoms with Crippen molar-refractivity contribution >= 4 is 11.8 Å². The first-order chi connectivity index (χ1) is 7.10. The molecule has 15 heavy (non-hydrogen) atoms. The van der Waals surface area contributed by atoms with Gasteiger partial charge in [0, 0.05) is 5.75 Å². The standard InChI is InChI=1S/C13H28OS/c1-5-7-8-12(6-2)9-13(14)10-15-11(3)4/h11-14H,5-10H2,1-4H3. The lowest BCUT2D eigenvalue weighted by Crippen LogP contribution is -2.16. The van der Waals surface area contributed by atoms with Crippen LogP contribution in [0.5, 0.6) is 0 Å². The Morgan fingerprint density at radius 2 is 1.87 bits per heavy atom. The third kappa shape index (κ3) is 9.25. The van der Waals surface area contributed by atoms with Crippen LogP contribution in [0.4, 0.5) is 0 Å². The third-order valence-corrected chi connectivity index (χ3v) is 4.01. The van der Waals surface area contributed by atoms with E-state index in [0.717, 1.165) is 18.1 Å². The molecule has 0 rings (SSSR count). The van der Waals surface area contributed by atoms with Crippen molar-refractivity contribution in [3.8, 4) is 0 Å². The molecular weight excluding hydrogens is 204 g/mol. The van der Waals surface area contributed by atoms with Crippen molar-refractivity contribution in [2.45, 2.75) is 71.2 Å². The van der Waals surface area contributed by atoms with Gasteiger partial charge in [-0.3, -0.25) is 0 Å². The van der Waals surface area contributed by atoms with Crippen LogP contribution in [0.25, 0.3) is 0 Å². The molecule has 0 aromatic carbocycles. The fraction of sp³-hybridized carbons (Fsp3) is 1.00. The van der Waals surface area contributed by atoms with Crippen molar-refractivity contribution in [3.63, 3.8) is 0 Å². The largest absolute Gasteiger partial charge is 0.392 e. The van der Waals surface area contributed by atoms with Crippen LogP contribution in [0.1, 0.15) is 59.8 Å². The van der Waals surface area contributed by atoms with Crippen molar-refractivity contribution in [2.24, 2.45) is 5.92 Å². The quantitative estimate of drug-likeness (QED) is 0.646. The van der Waals surface area contributed by atoms with Crippen molar-refractivity contribution in [1.82, 2.24) is 0 Å². The number of hydrogen-bond donors (Lipinski definition) is 1. The van der Waals surface area contributed by atoms with Gasteiger partial charge in [-0.2, -0.15) is 11.8 Å². The summed E-state index contributed by atoms with van der Waals surface area (Å²) in [5.74, 6) is 1.63. The predicted molar refractivity (Wildman–Crippen MR) is 71.5 cm³/mol. The van der Waals surface area contributed by atoms with Gasteiger partial charge in [0.15, 0.2) is 0 Å². The smallest absolute Gasteiger partial charge is 0.0633 e. The number of hydrogen-bond acceptors (Lipinski definition) is 2. The molecule has 0 saturated heterocycles. The van der Waals surface area contributed by atoms with Crippen molar-refractivity contribution < 1.29 is 5.11 Å². The zero-order valence-electron chi connectivity index (χ0n) is 10.8. The van der Waals surface area contributed by atoms with Crippen LogP contribution < -0.4 is 0 Å². The summed E-state index contributed by atoms with van der Waals surface area (Å²) < 4.78 is 0. The highest BCUT2D eigenvalue weighted by Crippen LogP contribution is 2.21. The Balaban J connectivity index is 3.64. The van der Waals surface area contributed by atoms with Crippen molar-refractivity contribution in [1.29, 1.82) is 0 Å². The first-order valence-electron chi connectivity index (χ1n) is 6.39. The molecule has 0 amide bonds. The Bertz CT molecular complexity index is 136. The molecule has 0 aliphatic carbocycles. The molecule has 0 radical (unpaired) electrons. The normalized spacial score (nSPS) is 15.6. The predicted octanol–water partition coefficient (Wildman–Crippen LogP) is 4.10. The van der Waals surface area contributed by atoms with E-state index < -0.39 is 0 Å². The van der Waals surface area contributed by atoms with Gasteiger partial charge in [-0.05, 0) is 17.6 Å². The van der Waals surface area contributed by atoms with Crippen molar-refractivity contribution in [2.75, 3.05) is 5.75 Å². The van der Waals surface area contributed by atoms with Gasteiger partial charge in [0.1, 0.15) is 0 Å². The van der Waals surface area contributed by atoms with Gasteiger partial charge in [-0.15, -0.1) is 0 Å². The summed E-state index contributed by atoms with van der Waals surface area (Å²) in [6, 6.07) is 0. The van der Waals surface area contributed by atoms with Crippen LogP contribution in [0.2, 0.25) is 0 Å². The zero-order valence-corrected chi connectivity index (χ0v) is 11.6. The first kappa shape index (κ1) is 15.3. The van der Waals surface area contributed by atoms with Crippen LogP contribution >= 0.6 is 11.8 Å². The molecule has 0 bridgehead atoms. The number of aliphatic hydroxyl groups excluding tert-OH is 1. The van der Waals surface area contributed by atoms with Crippen LogP contribution in [-0.4, -0.2) is 22.2 Å². The van der Waals surface area contributed by atoms with Gasteiger partial charge < -0.3 is 5.11 Å². The molecule has 0 aromatic heterocycles. The van der Waals surface area contributed by atoms with Crippen molar-refractivity contribution in [3.05, 3.63) is 0 Å². The number of unbranched alkanes of at least 4 members (excludes halogenated alkanes) is 1. The molecule has 0 saturated carbocycles. The molecule has 0 aliphatic rings. The van der Waals surface area contributed by atoms with Crippen LogP contribution in [0, 0.1) is 5.92 Å². The average Bonchev–Trinajstić information content (AvgIpc) is 2.21. The van der Waals surface area contributed by atoms with Gasteiger partial charge in [-0.1, -0.05) is 53.4 Å². The molecule has 92 valence electrons. The van der Waals surface area contributed by atoms with E-state index in [4.69, 9.17) is 0 Å². The highest BCUT2D eigenvalue weighted by molar-refractivity contribution is 7.99. The molecule has 2 heteroatoms. The van der Waals surface area contributed by atoms with Gasteiger partial charge in [0.05, 0.1) is 6.10 Å². The van der Waals surface area contributed by atoms with Gasteiger partial charge in [0.25, 0.3) is 0 Å². The fourth-order valence-electron chi connectivity index (χ4n) is 1.74. The van der Waals surface area contributed by atoms with E-state index in [9.17, 15) is 5.11 Å². The summed E-state index contributed by atoms with van der Waals surface area (Å²) in [6.07, 6.45) is 5.98. The lowest BCUT2D eigenvalue weighted by Gasteiger charge is -2.19. The summed E-state index contributed by atoms with van der Waals surface area (Å²) in [6.45, 7) is 8.85. The molecule has 0 fully saturated rings. The molecule has 2 unspecified atom stereocenters. The Labute approximate surface area is 100 Å². The lowest BCUT2D eigenvalue weighted by atomic mass is 9.94. The maximum Gasteiger partial charge on any atom is 0.0633 e. The first-order valence-corrected chi connectivity index (χ1v) is 7.44. The molecule has 0 heterocycles. The van der Waals surface area contributed by atoms with E-state index in [0.29, 0.717) is 5.25 Å². The van der Waals surface area contributed by atoms with Crippen LogP contribution in [-0.2, 0) is 0 Å². The van der Waals surface area contributed by atoms with E-state index in [1.807, 2.05) is 11.8 Å². The minimum Gasteiger partial charge on any atom is -0.392 e. The minimum absolute atomic E-state index is 0.0980. The molecule has 0 aliphatic heterocycles. The van der Waals surface area contributed by atoms with Gasteiger partial charge in [0.2, 0.25) is 0 Å². The summed E-state index contributed by atoms with van der Waals surface area (Å²) in [7, 11) is 0. The van der Waals surface area contributed by atoms with E-state index in [1.54, 1.807) is 0 Å². The Kier molecular flexibility index (Phi) is 9.73. The van der Waals surface area contributed by atoms with E-state index >= 15 is 0 Å². The maximum absolute atomic E-state index is 9.88. The summed E-state index contributed by atoms with van der Waals surface area (Å²) in [4.78, 5) is 0.